The number of aromatic nitrogens is 3. The Morgan fingerprint density at radius 3 is 2.88 bits per heavy atom. The van der Waals surface area contributed by atoms with Crippen LogP contribution in [0.25, 0.3) is 0 Å². The number of hydrogen-bond acceptors (Lipinski definition) is 5. The Morgan fingerprint density at radius 2 is 2.08 bits per heavy atom. The molecule has 0 bridgehead atoms. The molecule has 4 rings (SSSR count). The van der Waals surface area contributed by atoms with Gasteiger partial charge in [-0.3, -0.25) is 19.5 Å². The minimum atomic E-state index is -0.377. The second-order valence-electron chi connectivity index (χ2n) is 6.39. The number of hydrogen-bond donors (Lipinski definition) is 1. The average Bonchev–Trinajstić information content (AvgIpc) is 3.20. The molecule has 0 radical (unpaired) electrons. The van der Waals surface area contributed by atoms with E-state index >= 15 is 0 Å². The zero-order valence-corrected chi connectivity index (χ0v) is 14.8. The third kappa shape index (κ3) is 3.13. The molecule has 1 atom stereocenters. The lowest BCUT2D eigenvalue weighted by atomic mass is 10.1. The SMILES string of the molecule is Cc1ccc(N2C[C@@H](C(=O)Nc3nnc4n3CCCS4)CC2=O)cc1. The van der Waals surface area contributed by atoms with Gasteiger partial charge in [0.1, 0.15) is 0 Å². The van der Waals surface area contributed by atoms with E-state index in [2.05, 4.69) is 15.5 Å². The smallest absolute Gasteiger partial charge is 0.232 e. The van der Waals surface area contributed by atoms with Crippen LogP contribution in [0.3, 0.4) is 0 Å². The van der Waals surface area contributed by atoms with E-state index in [1.165, 1.54) is 0 Å². The highest BCUT2D eigenvalue weighted by Gasteiger charge is 2.35. The van der Waals surface area contributed by atoms with E-state index in [1.807, 2.05) is 35.8 Å². The van der Waals surface area contributed by atoms with Crippen molar-refractivity contribution < 1.29 is 9.59 Å². The molecule has 1 aromatic carbocycles. The maximum absolute atomic E-state index is 12.6. The predicted molar refractivity (Wildman–Crippen MR) is 95.6 cm³/mol. The molecule has 0 saturated carbocycles. The summed E-state index contributed by atoms with van der Waals surface area (Å²) < 4.78 is 1.93. The van der Waals surface area contributed by atoms with Crippen LogP contribution in [0.15, 0.2) is 29.4 Å². The van der Waals surface area contributed by atoms with Gasteiger partial charge < -0.3 is 4.90 Å². The molecule has 0 spiro atoms. The number of fused-ring (bicyclic) bond motifs is 1. The van der Waals surface area contributed by atoms with Crippen LogP contribution in [-0.4, -0.2) is 38.9 Å². The first-order valence-corrected chi connectivity index (χ1v) is 9.34. The molecule has 2 aromatic rings. The fraction of sp³-hybridized carbons (Fsp3) is 0.412. The van der Waals surface area contributed by atoms with Crippen molar-refractivity contribution in [1.82, 2.24) is 14.8 Å². The molecule has 130 valence electrons. The summed E-state index contributed by atoms with van der Waals surface area (Å²) in [6, 6.07) is 7.77. The summed E-state index contributed by atoms with van der Waals surface area (Å²) >= 11 is 1.64. The molecule has 1 saturated heterocycles. The average molecular weight is 357 g/mol. The summed E-state index contributed by atoms with van der Waals surface area (Å²) in [6.45, 7) is 3.21. The lowest BCUT2D eigenvalue weighted by Gasteiger charge is -2.17. The molecule has 3 heterocycles. The van der Waals surface area contributed by atoms with Crippen LogP contribution in [0.1, 0.15) is 18.4 Å². The summed E-state index contributed by atoms with van der Waals surface area (Å²) in [4.78, 5) is 26.6. The van der Waals surface area contributed by atoms with Crippen LogP contribution in [-0.2, 0) is 16.1 Å². The molecule has 2 aliphatic heterocycles. The highest BCUT2D eigenvalue weighted by atomic mass is 32.2. The summed E-state index contributed by atoms with van der Waals surface area (Å²) in [5, 5.41) is 11.9. The van der Waals surface area contributed by atoms with Crippen molar-refractivity contribution in [2.24, 2.45) is 5.92 Å². The number of anilines is 2. The van der Waals surface area contributed by atoms with E-state index in [1.54, 1.807) is 16.7 Å². The van der Waals surface area contributed by atoms with Crippen LogP contribution < -0.4 is 10.2 Å². The molecular formula is C17H19N5O2S. The first-order valence-electron chi connectivity index (χ1n) is 8.36. The highest BCUT2D eigenvalue weighted by Crippen LogP contribution is 2.28. The first kappa shape index (κ1) is 16.1. The topological polar surface area (TPSA) is 80.1 Å². The summed E-state index contributed by atoms with van der Waals surface area (Å²) in [7, 11) is 0. The second kappa shape index (κ2) is 6.51. The van der Waals surface area contributed by atoms with Gasteiger partial charge in [-0.05, 0) is 25.5 Å². The Labute approximate surface area is 149 Å². The molecule has 7 nitrogen and oxygen atoms in total. The van der Waals surface area contributed by atoms with Gasteiger partial charge in [-0.15, -0.1) is 10.2 Å². The van der Waals surface area contributed by atoms with Gasteiger partial charge in [0.2, 0.25) is 17.8 Å². The van der Waals surface area contributed by atoms with E-state index in [4.69, 9.17) is 0 Å². The number of rotatable bonds is 3. The van der Waals surface area contributed by atoms with E-state index in [9.17, 15) is 9.59 Å². The van der Waals surface area contributed by atoms with Crippen LogP contribution in [0.2, 0.25) is 0 Å². The van der Waals surface area contributed by atoms with Crippen LogP contribution in [0.5, 0.6) is 0 Å². The molecule has 2 amide bonds. The van der Waals surface area contributed by atoms with Crippen molar-refractivity contribution in [2.75, 3.05) is 22.5 Å². The summed E-state index contributed by atoms with van der Waals surface area (Å²) in [5.74, 6) is 0.928. The predicted octanol–water partition coefficient (Wildman–Crippen LogP) is 2.07. The quantitative estimate of drug-likeness (QED) is 0.910. The maximum Gasteiger partial charge on any atom is 0.232 e. The molecule has 0 unspecified atom stereocenters. The molecule has 25 heavy (non-hydrogen) atoms. The van der Waals surface area contributed by atoms with E-state index in [0.29, 0.717) is 12.5 Å². The van der Waals surface area contributed by atoms with Crippen LogP contribution in [0.4, 0.5) is 11.6 Å². The van der Waals surface area contributed by atoms with Gasteiger partial charge in [0, 0.05) is 31.0 Å². The van der Waals surface area contributed by atoms with Gasteiger partial charge in [-0.1, -0.05) is 29.5 Å². The standard InChI is InChI=1S/C17H19N5O2S/c1-11-3-5-13(6-4-11)22-10-12(9-14(22)23)15(24)18-16-19-20-17-21(16)7-2-8-25-17/h3-6,12H,2,7-10H2,1H3,(H,18,19,24)/t12-/m0/s1. The summed E-state index contributed by atoms with van der Waals surface area (Å²) in [5.41, 5.74) is 1.97. The Morgan fingerprint density at radius 1 is 1.28 bits per heavy atom. The monoisotopic (exact) mass is 357 g/mol. The largest absolute Gasteiger partial charge is 0.312 e. The zero-order chi connectivity index (χ0) is 17.4. The second-order valence-corrected chi connectivity index (χ2v) is 7.45. The van der Waals surface area contributed by atoms with Gasteiger partial charge >= 0.3 is 0 Å². The highest BCUT2D eigenvalue weighted by molar-refractivity contribution is 7.99. The first-order chi connectivity index (χ1) is 12.1. The molecule has 0 aliphatic carbocycles. The number of carbonyl (C=O) groups is 2. The summed E-state index contributed by atoms with van der Waals surface area (Å²) in [6.07, 6.45) is 1.25. The van der Waals surface area contributed by atoms with Gasteiger partial charge in [0.25, 0.3) is 0 Å². The van der Waals surface area contributed by atoms with Gasteiger partial charge in [0.15, 0.2) is 5.16 Å². The molecular weight excluding hydrogens is 338 g/mol. The fourth-order valence-corrected chi connectivity index (χ4v) is 4.03. The molecule has 1 fully saturated rings. The van der Waals surface area contributed by atoms with E-state index in [0.717, 1.165) is 35.1 Å². The number of nitrogens with zero attached hydrogens (tertiary/aromatic N) is 4. The van der Waals surface area contributed by atoms with Crippen LogP contribution >= 0.6 is 11.8 Å². The van der Waals surface area contributed by atoms with Crippen molar-refractivity contribution in [2.45, 2.75) is 31.5 Å². The third-order valence-electron chi connectivity index (χ3n) is 4.55. The van der Waals surface area contributed by atoms with Gasteiger partial charge in [-0.2, -0.15) is 0 Å². The number of nitrogens with one attached hydrogen (secondary N) is 1. The number of carbonyl (C=O) groups excluding carboxylic acids is 2. The maximum atomic E-state index is 12.6. The molecule has 8 heteroatoms. The normalized spacial score (nSPS) is 19.8. The molecule has 1 aromatic heterocycles. The van der Waals surface area contributed by atoms with Crippen molar-refractivity contribution in [3.63, 3.8) is 0 Å². The van der Waals surface area contributed by atoms with Gasteiger partial charge in [-0.25, -0.2) is 0 Å². The third-order valence-corrected chi connectivity index (χ3v) is 5.60. The molecule has 2 aliphatic rings. The van der Waals surface area contributed by atoms with Crippen molar-refractivity contribution in [3.8, 4) is 0 Å². The van der Waals surface area contributed by atoms with E-state index < -0.39 is 0 Å². The zero-order valence-electron chi connectivity index (χ0n) is 13.9. The lowest BCUT2D eigenvalue weighted by Crippen LogP contribution is -2.29. The van der Waals surface area contributed by atoms with Crippen molar-refractivity contribution in [3.05, 3.63) is 29.8 Å². The van der Waals surface area contributed by atoms with Crippen molar-refractivity contribution in [1.29, 1.82) is 0 Å². The van der Waals surface area contributed by atoms with Crippen molar-refractivity contribution >= 4 is 35.2 Å². The Hall–Kier alpha value is -2.35. The lowest BCUT2D eigenvalue weighted by molar-refractivity contribution is -0.122. The Bertz CT molecular complexity index is 817. The Kier molecular flexibility index (Phi) is 4.20. The fourth-order valence-electron chi connectivity index (χ4n) is 3.15. The minimum Gasteiger partial charge on any atom is -0.312 e. The number of aryl methyl sites for hydroxylation is 1. The minimum absolute atomic E-state index is 0.0252. The number of thioether (sulfide) groups is 1. The van der Waals surface area contributed by atoms with E-state index in [-0.39, 0.29) is 24.2 Å². The Balaban J connectivity index is 1.45. The molecule has 1 N–H and O–H groups in total. The van der Waals surface area contributed by atoms with Gasteiger partial charge in [0.05, 0.1) is 5.92 Å². The van der Waals surface area contributed by atoms with Crippen LogP contribution in [0, 0.1) is 12.8 Å². The number of amides is 2. The number of benzene rings is 1.